The van der Waals surface area contributed by atoms with Crippen LogP contribution in [0, 0.1) is 17.7 Å². The number of likely N-dealkylation sites (tertiary alicyclic amines) is 1. The predicted octanol–water partition coefficient (Wildman–Crippen LogP) is 5.17. The average molecular weight is 480 g/mol. The highest BCUT2D eigenvalue weighted by molar-refractivity contribution is 5.97. The van der Waals surface area contributed by atoms with Gasteiger partial charge in [-0.1, -0.05) is 0 Å². The zero-order valence-electron chi connectivity index (χ0n) is 21.0. The van der Waals surface area contributed by atoms with E-state index in [1.807, 2.05) is 43.3 Å². The van der Waals surface area contributed by atoms with Gasteiger partial charge in [-0.3, -0.25) is 9.59 Å². The Labute approximate surface area is 208 Å². The lowest BCUT2D eigenvalue weighted by atomic mass is 9.83. The van der Waals surface area contributed by atoms with Crippen LogP contribution in [0.3, 0.4) is 0 Å². The number of hydrogen-bond donors (Lipinski definition) is 1. The molecule has 2 fully saturated rings. The molecule has 188 valence electrons. The van der Waals surface area contributed by atoms with E-state index in [0.717, 1.165) is 69.4 Å². The van der Waals surface area contributed by atoms with E-state index in [2.05, 4.69) is 10.2 Å². The number of hydrogen-bond acceptors (Lipinski definition) is 4. The lowest BCUT2D eigenvalue weighted by molar-refractivity contribution is 0.0832. The number of anilines is 1. The van der Waals surface area contributed by atoms with Crippen LogP contribution in [0.5, 0.6) is 0 Å². The smallest absolute Gasteiger partial charge is 0.251 e. The normalized spacial score (nSPS) is 21.5. The molecule has 1 heterocycles. The summed E-state index contributed by atoms with van der Waals surface area (Å²) in [6.07, 6.45) is 7.34. The molecule has 2 aromatic carbocycles. The topological polar surface area (TPSA) is 52.7 Å². The fourth-order valence-electron chi connectivity index (χ4n) is 5.41. The number of amides is 1. The Morgan fingerprint density at radius 1 is 0.886 bits per heavy atom. The van der Waals surface area contributed by atoms with E-state index in [0.29, 0.717) is 11.5 Å². The number of nitrogens with one attached hydrogen (secondary N) is 1. The Hall–Kier alpha value is -2.73. The van der Waals surface area contributed by atoms with Crippen LogP contribution < -0.4 is 10.2 Å². The standard InChI is InChI=1S/C29H38FN3O2/c1-32(2)27-13-7-24(8-14-27)29(35)31-26-11-3-21(4-12-26)15-18-33-19-16-23(17-20-33)28(34)22-5-9-25(30)10-6-22/h5-10,13-14,21,23,26H,3-4,11-12,15-20H2,1-2H3,(H,31,35)/t21-,26-. The van der Waals surface area contributed by atoms with Crippen LogP contribution in [-0.4, -0.2) is 56.4 Å². The first kappa shape index (κ1) is 25.4. The van der Waals surface area contributed by atoms with Gasteiger partial charge >= 0.3 is 0 Å². The molecule has 0 spiro atoms. The number of ketones is 1. The molecule has 2 aromatic rings. The summed E-state index contributed by atoms with van der Waals surface area (Å²) < 4.78 is 13.1. The van der Waals surface area contributed by atoms with Crippen molar-refractivity contribution in [1.82, 2.24) is 10.2 Å². The van der Waals surface area contributed by atoms with Gasteiger partial charge in [-0.25, -0.2) is 4.39 Å². The van der Waals surface area contributed by atoms with E-state index in [4.69, 9.17) is 0 Å². The van der Waals surface area contributed by atoms with Crippen LogP contribution in [0.1, 0.15) is 65.7 Å². The van der Waals surface area contributed by atoms with Crippen molar-refractivity contribution in [3.63, 3.8) is 0 Å². The number of carbonyl (C=O) groups is 2. The number of nitrogens with zero attached hydrogens (tertiary/aromatic N) is 2. The van der Waals surface area contributed by atoms with Crippen molar-refractivity contribution in [1.29, 1.82) is 0 Å². The maximum absolute atomic E-state index is 13.1. The van der Waals surface area contributed by atoms with E-state index in [1.54, 1.807) is 12.1 Å². The third-order valence-corrected chi connectivity index (χ3v) is 7.77. The summed E-state index contributed by atoms with van der Waals surface area (Å²) >= 11 is 0. The summed E-state index contributed by atoms with van der Waals surface area (Å²) in [5, 5.41) is 3.23. The van der Waals surface area contributed by atoms with Crippen LogP contribution in [0.15, 0.2) is 48.5 Å². The molecule has 0 bridgehead atoms. The third-order valence-electron chi connectivity index (χ3n) is 7.77. The summed E-state index contributed by atoms with van der Waals surface area (Å²) in [6.45, 7) is 2.99. The molecule has 0 radical (unpaired) electrons. The third kappa shape index (κ3) is 6.91. The molecule has 2 aliphatic rings. The quantitative estimate of drug-likeness (QED) is 0.531. The minimum Gasteiger partial charge on any atom is -0.378 e. The minimum atomic E-state index is -0.303. The number of halogens is 1. The fraction of sp³-hybridized carbons (Fsp3) is 0.517. The van der Waals surface area contributed by atoms with Gasteiger partial charge in [0.15, 0.2) is 5.78 Å². The van der Waals surface area contributed by atoms with Gasteiger partial charge in [-0.15, -0.1) is 0 Å². The van der Waals surface area contributed by atoms with Gasteiger partial charge in [0.1, 0.15) is 5.82 Å². The number of piperidine rings is 1. The van der Waals surface area contributed by atoms with E-state index in [1.165, 1.54) is 18.6 Å². The summed E-state index contributed by atoms with van der Waals surface area (Å²) in [4.78, 5) is 29.8. The fourth-order valence-corrected chi connectivity index (χ4v) is 5.41. The van der Waals surface area contributed by atoms with Crippen LogP contribution in [-0.2, 0) is 0 Å². The average Bonchev–Trinajstić information content (AvgIpc) is 2.88. The predicted molar refractivity (Wildman–Crippen MR) is 138 cm³/mol. The van der Waals surface area contributed by atoms with E-state index in [9.17, 15) is 14.0 Å². The maximum Gasteiger partial charge on any atom is 0.251 e. The summed E-state index contributed by atoms with van der Waals surface area (Å²) in [6, 6.07) is 13.9. The Balaban J connectivity index is 1.13. The van der Waals surface area contributed by atoms with Gasteiger partial charge in [0.05, 0.1) is 0 Å². The summed E-state index contributed by atoms with van der Waals surface area (Å²) in [5.41, 5.74) is 2.43. The van der Waals surface area contributed by atoms with E-state index >= 15 is 0 Å². The molecule has 35 heavy (non-hydrogen) atoms. The molecule has 1 saturated heterocycles. The van der Waals surface area contributed by atoms with Crippen molar-refractivity contribution in [3.8, 4) is 0 Å². The molecule has 5 nitrogen and oxygen atoms in total. The molecular formula is C29H38FN3O2. The second-order valence-corrected chi connectivity index (χ2v) is 10.4. The van der Waals surface area contributed by atoms with Gasteiger partial charge in [-0.2, -0.15) is 0 Å². The van der Waals surface area contributed by atoms with Gasteiger partial charge < -0.3 is 15.1 Å². The lowest BCUT2D eigenvalue weighted by Crippen LogP contribution is -2.39. The molecule has 1 saturated carbocycles. The van der Waals surface area contributed by atoms with Gasteiger partial charge in [0, 0.05) is 42.9 Å². The van der Waals surface area contributed by atoms with Crippen LogP contribution >= 0.6 is 0 Å². The lowest BCUT2D eigenvalue weighted by Gasteiger charge is -2.34. The number of rotatable bonds is 8. The Morgan fingerprint density at radius 2 is 1.49 bits per heavy atom. The molecule has 1 aliphatic heterocycles. The molecule has 0 aromatic heterocycles. The highest BCUT2D eigenvalue weighted by Gasteiger charge is 2.27. The molecule has 0 unspecified atom stereocenters. The van der Waals surface area contributed by atoms with Gasteiger partial charge in [0.2, 0.25) is 0 Å². The first-order valence-corrected chi connectivity index (χ1v) is 13.0. The highest BCUT2D eigenvalue weighted by atomic mass is 19.1. The van der Waals surface area contributed by atoms with Crippen LogP contribution in [0.25, 0.3) is 0 Å². The Kier molecular flexibility index (Phi) is 8.55. The molecule has 6 heteroatoms. The van der Waals surface area contributed by atoms with Crippen molar-refractivity contribution >= 4 is 17.4 Å². The summed E-state index contributed by atoms with van der Waals surface area (Å²) in [7, 11) is 3.99. The highest BCUT2D eigenvalue weighted by Crippen LogP contribution is 2.29. The van der Waals surface area contributed by atoms with Crippen molar-refractivity contribution in [2.45, 2.75) is 51.0 Å². The maximum atomic E-state index is 13.1. The molecule has 4 rings (SSSR count). The summed E-state index contributed by atoms with van der Waals surface area (Å²) in [5.74, 6) is 0.633. The van der Waals surface area contributed by atoms with Gasteiger partial charge in [-0.05, 0) is 119 Å². The van der Waals surface area contributed by atoms with Crippen LogP contribution in [0.4, 0.5) is 10.1 Å². The molecule has 1 amide bonds. The number of Topliss-reactive ketones (excluding diaryl/α,β-unsaturated/α-hetero) is 1. The van der Waals surface area contributed by atoms with Crippen molar-refractivity contribution in [2.75, 3.05) is 38.6 Å². The van der Waals surface area contributed by atoms with E-state index < -0.39 is 0 Å². The van der Waals surface area contributed by atoms with Crippen molar-refractivity contribution < 1.29 is 14.0 Å². The van der Waals surface area contributed by atoms with E-state index in [-0.39, 0.29) is 29.5 Å². The van der Waals surface area contributed by atoms with Crippen LogP contribution in [0.2, 0.25) is 0 Å². The first-order chi connectivity index (χ1) is 16.9. The molecule has 1 N–H and O–H groups in total. The molecule has 0 atom stereocenters. The monoisotopic (exact) mass is 479 g/mol. The minimum absolute atomic E-state index is 0.0248. The largest absolute Gasteiger partial charge is 0.378 e. The molecule has 1 aliphatic carbocycles. The van der Waals surface area contributed by atoms with Crippen molar-refractivity contribution in [3.05, 3.63) is 65.5 Å². The Bertz CT molecular complexity index is 974. The zero-order valence-corrected chi connectivity index (χ0v) is 21.0. The zero-order chi connectivity index (χ0) is 24.8. The number of benzene rings is 2. The van der Waals surface area contributed by atoms with Crippen molar-refractivity contribution in [2.24, 2.45) is 11.8 Å². The second-order valence-electron chi connectivity index (χ2n) is 10.4. The first-order valence-electron chi connectivity index (χ1n) is 13.0. The molecular weight excluding hydrogens is 441 g/mol. The number of carbonyl (C=O) groups excluding carboxylic acids is 2. The second kappa shape index (κ2) is 11.8. The van der Waals surface area contributed by atoms with Gasteiger partial charge in [0.25, 0.3) is 5.91 Å². The SMILES string of the molecule is CN(C)c1ccc(C(=O)N[C@H]2CC[C@H](CCN3CCC(C(=O)c4ccc(F)cc4)CC3)CC2)cc1. The Morgan fingerprint density at radius 3 is 2.09 bits per heavy atom.